The Hall–Kier alpha value is -0.120. The van der Waals surface area contributed by atoms with Crippen LogP contribution in [-0.4, -0.2) is 76.1 Å². The van der Waals surface area contributed by atoms with Gasteiger partial charge in [-0.1, -0.05) is 27.7 Å². The Morgan fingerprint density at radius 3 is 2.54 bits per heavy atom. The molecule has 0 aromatic carbocycles. The van der Waals surface area contributed by atoms with Gasteiger partial charge in [-0.3, -0.25) is 9.89 Å². The van der Waals surface area contributed by atoms with Gasteiger partial charge < -0.3 is 20.1 Å². The third kappa shape index (κ3) is 9.13. The van der Waals surface area contributed by atoms with Crippen molar-refractivity contribution < 1.29 is 9.47 Å². The predicted molar refractivity (Wildman–Crippen MR) is 128 cm³/mol. The van der Waals surface area contributed by atoms with Crippen LogP contribution in [0, 0.1) is 17.3 Å². The molecule has 2 aliphatic heterocycles. The maximum atomic E-state index is 6.11. The van der Waals surface area contributed by atoms with Crippen LogP contribution in [0.2, 0.25) is 0 Å². The van der Waals surface area contributed by atoms with Gasteiger partial charge in [0, 0.05) is 51.8 Å². The monoisotopic (exact) mass is 510 g/mol. The highest BCUT2D eigenvalue weighted by Gasteiger charge is 2.35. The lowest BCUT2D eigenvalue weighted by Crippen LogP contribution is -2.47. The minimum absolute atomic E-state index is 0. The van der Waals surface area contributed by atoms with Crippen molar-refractivity contribution in [1.29, 1.82) is 0 Å². The van der Waals surface area contributed by atoms with E-state index in [9.17, 15) is 0 Å². The van der Waals surface area contributed by atoms with Gasteiger partial charge in [-0.25, -0.2) is 0 Å². The molecular weight excluding hydrogens is 467 g/mol. The average molecular weight is 511 g/mol. The number of ether oxygens (including phenoxy) is 2. The topological polar surface area (TPSA) is 58.1 Å². The van der Waals surface area contributed by atoms with E-state index in [1.807, 2.05) is 0 Å². The zero-order chi connectivity index (χ0) is 19.7. The molecule has 0 aromatic heterocycles. The molecule has 166 valence electrons. The Morgan fingerprint density at radius 2 is 1.89 bits per heavy atom. The quantitative estimate of drug-likeness (QED) is 0.314. The van der Waals surface area contributed by atoms with Gasteiger partial charge in [0.2, 0.25) is 0 Å². The van der Waals surface area contributed by atoms with Crippen molar-refractivity contribution in [2.45, 2.75) is 53.6 Å². The second-order valence-electron chi connectivity index (χ2n) is 9.18. The molecule has 0 radical (unpaired) electrons. The van der Waals surface area contributed by atoms with Crippen LogP contribution in [0.4, 0.5) is 0 Å². The van der Waals surface area contributed by atoms with E-state index in [-0.39, 0.29) is 29.4 Å². The summed E-state index contributed by atoms with van der Waals surface area (Å²) in [4.78, 5) is 7.33. The van der Waals surface area contributed by atoms with Crippen molar-refractivity contribution in [2.75, 3.05) is 59.1 Å². The maximum Gasteiger partial charge on any atom is 0.191 e. The summed E-state index contributed by atoms with van der Waals surface area (Å²) < 4.78 is 11.5. The number of hydrogen-bond donors (Lipinski definition) is 2. The first-order valence-corrected chi connectivity index (χ1v) is 10.8. The Kier molecular flexibility index (Phi) is 12.3. The summed E-state index contributed by atoms with van der Waals surface area (Å²) in [5, 5.41) is 6.98. The first-order valence-electron chi connectivity index (χ1n) is 10.8. The zero-order valence-corrected chi connectivity index (χ0v) is 21.0. The fourth-order valence-electron chi connectivity index (χ4n) is 4.11. The van der Waals surface area contributed by atoms with Crippen molar-refractivity contribution in [2.24, 2.45) is 22.2 Å². The van der Waals surface area contributed by atoms with E-state index in [0.29, 0.717) is 17.9 Å². The van der Waals surface area contributed by atoms with Crippen LogP contribution in [0.25, 0.3) is 0 Å². The summed E-state index contributed by atoms with van der Waals surface area (Å²) in [6.07, 6.45) is 2.69. The summed E-state index contributed by atoms with van der Waals surface area (Å²) in [5.74, 6) is 2.01. The second-order valence-corrected chi connectivity index (χ2v) is 9.18. The standard InChI is InChI=1S/C21H42N4O2.HI/c1-6-22-20(23-14-17(2)16-25-9-12-26-13-10-25)24-15-18-8-7-11-27-19(18)21(3,4)5;/h17-19H,6-16H2,1-5H3,(H2,22,23,24);1H. The Balaban J connectivity index is 0.00000392. The Morgan fingerprint density at radius 1 is 1.18 bits per heavy atom. The van der Waals surface area contributed by atoms with E-state index in [0.717, 1.165) is 71.5 Å². The number of nitrogens with one attached hydrogen (secondary N) is 2. The number of hydrogen-bond acceptors (Lipinski definition) is 4. The number of guanidine groups is 1. The summed E-state index contributed by atoms with van der Waals surface area (Å²) in [6, 6.07) is 0. The molecule has 3 atom stereocenters. The third-order valence-corrected chi connectivity index (χ3v) is 5.41. The lowest BCUT2D eigenvalue weighted by atomic mass is 9.78. The molecule has 0 saturated carbocycles. The van der Waals surface area contributed by atoms with Crippen LogP contribution < -0.4 is 10.6 Å². The highest BCUT2D eigenvalue weighted by Crippen LogP contribution is 2.33. The summed E-state index contributed by atoms with van der Waals surface area (Å²) in [7, 11) is 0. The van der Waals surface area contributed by atoms with Gasteiger partial charge >= 0.3 is 0 Å². The molecule has 6 nitrogen and oxygen atoms in total. The highest BCUT2D eigenvalue weighted by molar-refractivity contribution is 14.0. The predicted octanol–water partition coefficient (Wildman–Crippen LogP) is 2.97. The molecule has 0 amide bonds. The van der Waals surface area contributed by atoms with E-state index in [2.05, 4.69) is 50.2 Å². The van der Waals surface area contributed by atoms with Crippen molar-refractivity contribution in [3.8, 4) is 0 Å². The molecule has 2 aliphatic rings. The van der Waals surface area contributed by atoms with Gasteiger partial charge in [0.1, 0.15) is 0 Å². The number of aliphatic imine (C=N–C) groups is 1. The average Bonchev–Trinajstić information content (AvgIpc) is 2.64. The summed E-state index contributed by atoms with van der Waals surface area (Å²) >= 11 is 0. The van der Waals surface area contributed by atoms with Crippen molar-refractivity contribution in [1.82, 2.24) is 15.5 Å². The van der Waals surface area contributed by atoms with Crippen LogP contribution in [0.3, 0.4) is 0 Å². The van der Waals surface area contributed by atoms with Gasteiger partial charge in [-0.2, -0.15) is 0 Å². The highest BCUT2D eigenvalue weighted by atomic mass is 127. The first-order chi connectivity index (χ1) is 12.9. The van der Waals surface area contributed by atoms with Crippen LogP contribution in [0.1, 0.15) is 47.5 Å². The molecule has 28 heavy (non-hydrogen) atoms. The van der Waals surface area contributed by atoms with Crippen molar-refractivity contribution in [3.63, 3.8) is 0 Å². The minimum Gasteiger partial charge on any atom is -0.379 e. The third-order valence-electron chi connectivity index (χ3n) is 5.41. The SMILES string of the molecule is CCNC(=NCC(C)CN1CCOCC1)NCC1CCCOC1C(C)(C)C.I. The molecule has 7 heteroatoms. The first kappa shape index (κ1) is 25.9. The van der Waals surface area contributed by atoms with E-state index in [4.69, 9.17) is 14.5 Å². The van der Waals surface area contributed by atoms with E-state index < -0.39 is 0 Å². The summed E-state index contributed by atoms with van der Waals surface area (Å²) in [6.45, 7) is 19.7. The zero-order valence-electron chi connectivity index (χ0n) is 18.6. The summed E-state index contributed by atoms with van der Waals surface area (Å²) in [5.41, 5.74) is 0.176. The Labute approximate surface area is 189 Å². The molecule has 0 aromatic rings. The van der Waals surface area contributed by atoms with Gasteiger partial charge in [-0.05, 0) is 31.1 Å². The van der Waals surface area contributed by atoms with Crippen LogP contribution in [0.5, 0.6) is 0 Å². The van der Waals surface area contributed by atoms with Gasteiger partial charge in [0.15, 0.2) is 5.96 Å². The van der Waals surface area contributed by atoms with Crippen LogP contribution >= 0.6 is 24.0 Å². The molecule has 2 saturated heterocycles. The molecule has 2 N–H and O–H groups in total. The number of halogens is 1. The Bertz CT molecular complexity index is 450. The number of nitrogens with zero attached hydrogens (tertiary/aromatic N) is 2. The number of rotatable bonds is 7. The normalized spacial score (nSPS) is 25.7. The lowest BCUT2D eigenvalue weighted by molar-refractivity contribution is -0.0835. The fourth-order valence-corrected chi connectivity index (χ4v) is 4.11. The van der Waals surface area contributed by atoms with E-state index >= 15 is 0 Å². The van der Waals surface area contributed by atoms with Gasteiger partial charge in [-0.15, -0.1) is 24.0 Å². The fraction of sp³-hybridized carbons (Fsp3) is 0.952. The molecule has 2 fully saturated rings. The molecule has 0 spiro atoms. The lowest BCUT2D eigenvalue weighted by Gasteiger charge is -2.40. The molecule has 0 bridgehead atoms. The molecule has 0 aliphatic carbocycles. The molecule has 2 rings (SSSR count). The molecule has 2 heterocycles. The molecule has 3 unspecified atom stereocenters. The number of morpholine rings is 1. The smallest absolute Gasteiger partial charge is 0.191 e. The van der Waals surface area contributed by atoms with Crippen LogP contribution in [-0.2, 0) is 9.47 Å². The van der Waals surface area contributed by atoms with Crippen molar-refractivity contribution >= 4 is 29.9 Å². The minimum atomic E-state index is 0. The maximum absolute atomic E-state index is 6.11. The van der Waals surface area contributed by atoms with Crippen LogP contribution in [0.15, 0.2) is 4.99 Å². The van der Waals surface area contributed by atoms with Gasteiger partial charge in [0.25, 0.3) is 0 Å². The van der Waals surface area contributed by atoms with E-state index in [1.54, 1.807) is 0 Å². The largest absolute Gasteiger partial charge is 0.379 e. The van der Waals surface area contributed by atoms with E-state index in [1.165, 1.54) is 6.42 Å². The van der Waals surface area contributed by atoms with Crippen molar-refractivity contribution in [3.05, 3.63) is 0 Å². The van der Waals surface area contributed by atoms with Gasteiger partial charge in [0.05, 0.1) is 19.3 Å². The molecular formula is C21H43IN4O2. The second kappa shape index (κ2) is 13.2.